The zero-order valence-corrected chi connectivity index (χ0v) is 16.0. The summed E-state index contributed by atoms with van der Waals surface area (Å²) >= 11 is 0. The van der Waals surface area contributed by atoms with E-state index in [0.717, 1.165) is 54.3 Å². The molecule has 4 rings (SSSR count). The van der Waals surface area contributed by atoms with Gasteiger partial charge in [-0.2, -0.15) is 0 Å². The van der Waals surface area contributed by atoms with E-state index in [9.17, 15) is 5.11 Å². The van der Waals surface area contributed by atoms with E-state index in [0.29, 0.717) is 10.8 Å². The largest absolute Gasteiger partial charge is 0.393 e. The van der Waals surface area contributed by atoms with Crippen molar-refractivity contribution in [3.63, 3.8) is 0 Å². The third kappa shape index (κ3) is 2.07. The Morgan fingerprint density at radius 2 is 1.57 bits per heavy atom. The highest BCUT2D eigenvalue weighted by molar-refractivity contribution is 5.11. The predicted octanol–water partition coefficient (Wildman–Crippen LogP) is 5.52. The highest BCUT2D eigenvalue weighted by Crippen LogP contribution is 2.69. The topological polar surface area (TPSA) is 20.2 Å². The minimum Gasteiger partial charge on any atom is -0.393 e. The Kier molecular flexibility index (Phi) is 3.73. The number of hydrogen-bond donors (Lipinski definition) is 1. The van der Waals surface area contributed by atoms with Gasteiger partial charge < -0.3 is 5.11 Å². The first kappa shape index (κ1) is 16.4. The Bertz CT molecular complexity index is 473. The van der Waals surface area contributed by atoms with Gasteiger partial charge in [0.25, 0.3) is 0 Å². The van der Waals surface area contributed by atoms with Crippen LogP contribution in [0.5, 0.6) is 0 Å². The van der Waals surface area contributed by atoms with E-state index in [-0.39, 0.29) is 6.10 Å². The maximum Gasteiger partial charge on any atom is 0.0543 e. The van der Waals surface area contributed by atoms with Gasteiger partial charge in [-0.25, -0.2) is 0 Å². The molecule has 1 heteroatoms. The van der Waals surface area contributed by atoms with E-state index in [1.54, 1.807) is 0 Å². The van der Waals surface area contributed by atoms with Gasteiger partial charge in [-0.05, 0) is 97.2 Å². The Morgan fingerprint density at radius 3 is 2.30 bits per heavy atom. The van der Waals surface area contributed by atoms with E-state index in [4.69, 9.17) is 0 Å². The Morgan fingerprint density at radius 1 is 0.826 bits per heavy atom. The predicted molar refractivity (Wildman–Crippen MR) is 96.0 cm³/mol. The van der Waals surface area contributed by atoms with Crippen molar-refractivity contribution in [3.8, 4) is 0 Å². The molecular weight excluding hydrogens is 280 g/mol. The second-order valence-corrected chi connectivity index (χ2v) is 10.6. The van der Waals surface area contributed by atoms with E-state index in [2.05, 4.69) is 34.6 Å². The number of aliphatic hydroxyl groups excluding tert-OH is 1. The molecular formula is C22H38O. The lowest BCUT2D eigenvalue weighted by molar-refractivity contribution is -0.164. The normalized spacial score (nSPS) is 62.3. The summed E-state index contributed by atoms with van der Waals surface area (Å²) in [5, 5.41) is 10.2. The minimum atomic E-state index is -0.0189. The van der Waals surface area contributed by atoms with Crippen LogP contribution in [0.4, 0.5) is 0 Å². The summed E-state index contributed by atoms with van der Waals surface area (Å²) < 4.78 is 0. The molecule has 9 unspecified atom stereocenters. The van der Waals surface area contributed by atoms with Crippen molar-refractivity contribution in [1.82, 2.24) is 0 Å². The van der Waals surface area contributed by atoms with Crippen molar-refractivity contribution in [3.05, 3.63) is 0 Å². The maximum atomic E-state index is 10.2. The fourth-order valence-electron chi connectivity index (χ4n) is 8.31. The first-order valence-electron chi connectivity index (χ1n) is 10.5. The van der Waals surface area contributed by atoms with Crippen LogP contribution in [0, 0.1) is 52.3 Å². The summed E-state index contributed by atoms with van der Waals surface area (Å²) in [6.07, 6.45) is 9.16. The highest BCUT2D eigenvalue weighted by atomic mass is 16.3. The fraction of sp³-hybridized carbons (Fsp3) is 1.00. The average Bonchev–Trinajstić information content (AvgIpc) is 2.80. The fourth-order valence-corrected chi connectivity index (χ4v) is 8.31. The molecule has 0 aliphatic heterocycles. The summed E-state index contributed by atoms with van der Waals surface area (Å²) in [4.78, 5) is 0. The van der Waals surface area contributed by atoms with Gasteiger partial charge in [-0.3, -0.25) is 0 Å². The van der Waals surface area contributed by atoms with E-state index in [1.165, 1.54) is 32.1 Å². The highest BCUT2D eigenvalue weighted by Gasteiger charge is 2.63. The molecule has 132 valence electrons. The maximum absolute atomic E-state index is 10.2. The van der Waals surface area contributed by atoms with Crippen LogP contribution >= 0.6 is 0 Å². The molecule has 4 fully saturated rings. The molecule has 0 heterocycles. The van der Waals surface area contributed by atoms with Crippen LogP contribution in [-0.2, 0) is 0 Å². The van der Waals surface area contributed by atoms with Gasteiger partial charge in [0.15, 0.2) is 0 Å². The monoisotopic (exact) mass is 318 g/mol. The molecule has 0 bridgehead atoms. The zero-order chi connectivity index (χ0) is 16.6. The molecule has 4 saturated carbocycles. The van der Waals surface area contributed by atoms with Crippen LogP contribution in [-0.4, -0.2) is 11.2 Å². The van der Waals surface area contributed by atoms with Crippen molar-refractivity contribution < 1.29 is 5.11 Å². The minimum absolute atomic E-state index is 0.0189. The van der Waals surface area contributed by atoms with Gasteiger partial charge in [-0.15, -0.1) is 0 Å². The average molecular weight is 319 g/mol. The molecule has 0 spiro atoms. The van der Waals surface area contributed by atoms with Crippen LogP contribution < -0.4 is 0 Å². The van der Waals surface area contributed by atoms with Gasteiger partial charge in [0, 0.05) is 0 Å². The lowest BCUT2D eigenvalue weighted by Crippen LogP contribution is -2.58. The van der Waals surface area contributed by atoms with Gasteiger partial charge in [0.1, 0.15) is 0 Å². The van der Waals surface area contributed by atoms with Crippen LogP contribution in [0.2, 0.25) is 0 Å². The lowest BCUT2D eigenvalue weighted by Gasteiger charge is -2.64. The molecule has 0 aromatic carbocycles. The van der Waals surface area contributed by atoms with E-state index in [1.807, 2.05) is 0 Å². The molecule has 1 nitrogen and oxygen atoms in total. The molecule has 10 atom stereocenters. The van der Waals surface area contributed by atoms with E-state index >= 15 is 0 Å². The first-order valence-corrected chi connectivity index (χ1v) is 10.5. The van der Waals surface area contributed by atoms with Crippen molar-refractivity contribution in [1.29, 1.82) is 0 Å². The van der Waals surface area contributed by atoms with Crippen LogP contribution in [0.25, 0.3) is 0 Å². The molecule has 0 amide bonds. The second kappa shape index (κ2) is 5.23. The summed E-state index contributed by atoms with van der Waals surface area (Å²) in [7, 11) is 0. The quantitative estimate of drug-likeness (QED) is 0.623. The number of hydrogen-bond acceptors (Lipinski definition) is 1. The Hall–Kier alpha value is -0.0400. The first-order chi connectivity index (χ1) is 10.8. The molecule has 0 aromatic rings. The molecule has 4 aliphatic rings. The van der Waals surface area contributed by atoms with Gasteiger partial charge in [0.05, 0.1) is 6.10 Å². The van der Waals surface area contributed by atoms with Crippen LogP contribution in [0.3, 0.4) is 0 Å². The number of aliphatic hydroxyl groups is 1. The number of rotatable bonds is 0. The molecule has 0 radical (unpaired) electrons. The lowest BCUT2D eigenvalue weighted by atomic mass is 9.41. The van der Waals surface area contributed by atoms with Crippen molar-refractivity contribution in [2.75, 3.05) is 0 Å². The summed E-state index contributed by atoms with van der Waals surface area (Å²) in [5.74, 6) is 6.27. The molecule has 1 N–H and O–H groups in total. The third-order valence-electron chi connectivity index (χ3n) is 10.0. The molecule has 0 aromatic heterocycles. The Balaban J connectivity index is 1.71. The summed E-state index contributed by atoms with van der Waals surface area (Å²) in [5.41, 5.74) is 1.10. The molecule has 4 aliphatic carbocycles. The number of fused-ring (bicyclic) bond motifs is 5. The Labute approximate surface area is 143 Å². The van der Waals surface area contributed by atoms with Crippen molar-refractivity contribution in [2.24, 2.45) is 52.3 Å². The molecule has 0 saturated heterocycles. The van der Waals surface area contributed by atoms with Crippen molar-refractivity contribution in [2.45, 2.75) is 85.7 Å². The van der Waals surface area contributed by atoms with Gasteiger partial charge in [0.2, 0.25) is 0 Å². The standard InChI is InChI=1S/C22H38O/c1-13-10-16-12-17(23)8-9-21(16,4)19-11-15(3)22(5)14(2)6-7-18(22)20(13)19/h13-20,23H,6-12H2,1-5H3/t13-,14?,15?,16?,17?,18?,19?,20?,21?,22?/m1/s1. The van der Waals surface area contributed by atoms with Crippen LogP contribution in [0.15, 0.2) is 0 Å². The van der Waals surface area contributed by atoms with Crippen molar-refractivity contribution >= 4 is 0 Å². The van der Waals surface area contributed by atoms with E-state index < -0.39 is 0 Å². The smallest absolute Gasteiger partial charge is 0.0543 e. The van der Waals surface area contributed by atoms with Crippen LogP contribution in [0.1, 0.15) is 79.6 Å². The third-order valence-corrected chi connectivity index (χ3v) is 10.0. The SMILES string of the molecule is CC1CCC2C3C(CC(C)C12C)C1(C)CCC(O)CC1C[C@H]3C. The molecule has 23 heavy (non-hydrogen) atoms. The zero-order valence-electron chi connectivity index (χ0n) is 16.0. The summed E-state index contributed by atoms with van der Waals surface area (Å²) in [6.45, 7) is 12.9. The van der Waals surface area contributed by atoms with Gasteiger partial charge in [-0.1, -0.05) is 34.6 Å². The van der Waals surface area contributed by atoms with Gasteiger partial charge >= 0.3 is 0 Å². The summed E-state index contributed by atoms with van der Waals surface area (Å²) in [6, 6.07) is 0. The second-order valence-electron chi connectivity index (χ2n) is 10.6.